The van der Waals surface area contributed by atoms with Crippen molar-refractivity contribution >= 4 is 10.9 Å². The zero-order chi connectivity index (χ0) is 23.6. The molecule has 1 N–H and O–H groups in total. The molecule has 172 valence electrons. The molecule has 8 nitrogen and oxygen atoms in total. The van der Waals surface area contributed by atoms with Gasteiger partial charge in [-0.2, -0.15) is 0 Å². The largest absolute Gasteiger partial charge is 0.497 e. The molecule has 2 aromatic heterocycles. The van der Waals surface area contributed by atoms with Gasteiger partial charge in [0, 0.05) is 24.2 Å². The summed E-state index contributed by atoms with van der Waals surface area (Å²) in [6, 6.07) is 16.0. The Kier molecular flexibility index (Phi) is 6.29. The standard InChI is InChI=1S/C25H30N6O2/c1-17-6-9-19-13-20(24(32)26-22(19)12-17)15-30(14-18-7-10-21(33-5)11-8-18)16-23-27-28-29-31(23)25(2,3)4/h6-13H,14-16H2,1-5H3,(H,26,32). The molecule has 0 aliphatic rings. The van der Waals surface area contributed by atoms with E-state index >= 15 is 0 Å². The third kappa shape index (κ3) is 5.28. The Labute approximate surface area is 193 Å². The van der Waals surface area contributed by atoms with Gasteiger partial charge in [0.15, 0.2) is 5.82 Å². The van der Waals surface area contributed by atoms with Crippen molar-refractivity contribution in [3.8, 4) is 5.75 Å². The molecular weight excluding hydrogens is 416 g/mol. The van der Waals surface area contributed by atoms with Crippen LogP contribution in [0.3, 0.4) is 0 Å². The number of ether oxygens (including phenoxy) is 1. The number of nitrogens with zero attached hydrogens (tertiary/aromatic N) is 5. The predicted octanol–water partition coefficient (Wildman–Crippen LogP) is 3.79. The summed E-state index contributed by atoms with van der Waals surface area (Å²) in [4.78, 5) is 18.1. The first-order chi connectivity index (χ1) is 15.7. The molecule has 0 amide bonds. The Bertz CT molecular complexity index is 1300. The summed E-state index contributed by atoms with van der Waals surface area (Å²) < 4.78 is 7.12. The van der Waals surface area contributed by atoms with Gasteiger partial charge in [-0.3, -0.25) is 9.69 Å². The molecule has 0 radical (unpaired) electrons. The summed E-state index contributed by atoms with van der Waals surface area (Å²) in [7, 11) is 1.65. The van der Waals surface area contributed by atoms with Crippen molar-refractivity contribution in [1.82, 2.24) is 30.1 Å². The van der Waals surface area contributed by atoms with E-state index in [1.807, 2.05) is 54.1 Å². The third-order valence-corrected chi connectivity index (χ3v) is 5.57. The van der Waals surface area contributed by atoms with Gasteiger partial charge in [-0.25, -0.2) is 4.68 Å². The zero-order valence-electron chi connectivity index (χ0n) is 19.8. The maximum absolute atomic E-state index is 12.9. The monoisotopic (exact) mass is 446 g/mol. The van der Waals surface area contributed by atoms with E-state index in [0.717, 1.165) is 33.6 Å². The first-order valence-corrected chi connectivity index (χ1v) is 11.0. The van der Waals surface area contributed by atoms with Crippen LogP contribution in [0.1, 0.15) is 43.3 Å². The molecule has 0 aliphatic heterocycles. The summed E-state index contributed by atoms with van der Waals surface area (Å²) in [5, 5.41) is 13.4. The normalized spacial score (nSPS) is 11.9. The minimum atomic E-state index is -0.247. The zero-order valence-corrected chi connectivity index (χ0v) is 19.8. The summed E-state index contributed by atoms with van der Waals surface area (Å²) in [6.07, 6.45) is 0. The number of aromatic amines is 1. The van der Waals surface area contributed by atoms with Gasteiger partial charge >= 0.3 is 0 Å². The van der Waals surface area contributed by atoms with E-state index in [1.165, 1.54) is 0 Å². The summed E-state index contributed by atoms with van der Waals surface area (Å²) in [5.74, 6) is 1.56. The van der Waals surface area contributed by atoms with Gasteiger partial charge in [0.05, 0.1) is 19.2 Å². The molecule has 4 aromatic rings. The molecule has 33 heavy (non-hydrogen) atoms. The maximum atomic E-state index is 12.9. The summed E-state index contributed by atoms with van der Waals surface area (Å²) >= 11 is 0. The minimum Gasteiger partial charge on any atom is -0.497 e. The number of hydrogen-bond donors (Lipinski definition) is 1. The molecule has 0 fully saturated rings. The van der Waals surface area contributed by atoms with Gasteiger partial charge < -0.3 is 9.72 Å². The van der Waals surface area contributed by atoms with Crippen LogP contribution in [0.5, 0.6) is 5.75 Å². The quantitative estimate of drug-likeness (QED) is 0.465. The predicted molar refractivity (Wildman–Crippen MR) is 128 cm³/mol. The van der Waals surface area contributed by atoms with Crippen LogP contribution in [-0.4, -0.2) is 37.2 Å². The lowest BCUT2D eigenvalue weighted by Crippen LogP contribution is -2.31. The highest BCUT2D eigenvalue weighted by Crippen LogP contribution is 2.20. The van der Waals surface area contributed by atoms with Gasteiger partial charge in [-0.05, 0) is 78.9 Å². The SMILES string of the molecule is COc1ccc(CN(Cc2cc3ccc(C)cc3[nH]c2=O)Cc2nnnn2C(C)(C)C)cc1. The molecule has 0 saturated heterocycles. The number of rotatable bonds is 7. The number of H-pyrrole nitrogens is 1. The van der Waals surface area contributed by atoms with Crippen molar-refractivity contribution in [2.45, 2.75) is 52.9 Å². The van der Waals surface area contributed by atoms with E-state index in [9.17, 15) is 4.79 Å². The van der Waals surface area contributed by atoms with Crippen molar-refractivity contribution in [3.05, 3.63) is 81.4 Å². The summed E-state index contributed by atoms with van der Waals surface area (Å²) in [5.41, 5.74) is 3.45. The number of fused-ring (bicyclic) bond motifs is 1. The minimum absolute atomic E-state index is 0.0803. The van der Waals surface area contributed by atoms with Crippen LogP contribution in [0.15, 0.2) is 53.3 Å². The molecule has 0 bridgehead atoms. The second kappa shape index (κ2) is 9.15. The first kappa shape index (κ1) is 22.7. The van der Waals surface area contributed by atoms with Gasteiger partial charge in [0.25, 0.3) is 5.56 Å². The molecular formula is C25H30N6O2. The van der Waals surface area contributed by atoms with Crippen molar-refractivity contribution < 1.29 is 4.74 Å². The Balaban J connectivity index is 1.67. The smallest absolute Gasteiger partial charge is 0.252 e. The highest BCUT2D eigenvalue weighted by Gasteiger charge is 2.22. The van der Waals surface area contributed by atoms with E-state index in [4.69, 9.17) is 4.74 Å². The Morgan fingerprint density at radius 1 is 1.03 bits per heavy atom. The van der Waals surface area contributed by atoms with Gasteiger partial charge in [-0.1, -0.05) is 24.3 Å². The molecule has 2 aromatic carbocycles. The molecule has 0 spiro atoms. The lowest BCUT2D eigenvalue weighted by atomic mass is 10.1. The molecule has 0 aliphatic carbocycles. The van der Waals surface area contributed by atoms with Crippen LogP contribution in [0.4, 0.5) is 0 Å². The average Bonchev–Trinajstić information content (AvgIpc) is 3.24. The van der Waals surface area contributed by atoms with Crippen LogP contribution < -0.4 is 10.3 Å². The van der Waals surface area contributed by atoms with Crippen LogP contribution >= 0.6 is 0 Å². The fourth-order valence-corrected chi connectivity index (χ4v) is 3.90. The number of aromatic nitrogens is 5. The second-order valence-corrected chi connectivity index (χ2v) is 9.39. The Hall–Kier alpha value is -3.52. The van der Waals surface area contributed by atoms with E-state index in [-0.39, 0.29) is 11.1 Å². The number of pyridine rings is 1. The average molecular weight is 447 g/mol. The number of nitrogens with one attached hydrogen (secondary N) is 1. The molecule has 0 unspecified atom stereocenters. The fraction of sp³-hybridized carbons (Fsp3) is 0.360. The number of hydrogen-bond acceptors (Lipinski definition) is 6. The second-order valence-electron chi connectivity index (χ2n) is 9.39. The Morgan fingerprint density at radius 3 is 2.48 bits per heavy atom. The maximum Gasteiger partial charge on any atom is 0.252 e. The van der Waals surface area contributed by atoms with Gasteiger partial charge in [0.2, 0.25) is 0 Å². The number of benzene rings is 2. The van der Waals surface area contributed by atoms with Gasteiger partial charge in [-0.15, -0.1) is 5.10 Å². The van der Waals surface area contributed by atoms with E-state index < -0.39 is 0 Å². The van der Waals surface area contributed by atoms with E-state index in [1.54, 1.807) is 7.11 Å². The molecule has 2 heterocycles. The molecule has 0 saturated carbocycles. The summed E-state index contributed by atoms with van der Waals surface area (Å²) in [6.45, 7) is 9.81. The number of methoxy groups -OCH3 is 1. The van der Waals surface area contributed by atoms with E-state index in [0.29, 0.717) is 25.2 Å². The van der Waals surface area contributed by atoms with Crippen LogP contribution in [0.25, 0.3) is 10.9 Å². The van der Waals surface area contributed by atoms with Crippen LogP contribution in [0, 0.1) is 6.92 Å². The van der Waals surface area contributed by atoms with Crippen molar-refractivity contribution in [3.63, 3.8) is 0 Å². The fourth-order valence-electron chi connectivity index (χ4n) is 3.90. The number of tetrazole rings is 1. The van der Waals surface area contributed by atoms with Crippen molar-refractivity contribution in [1.29, 1.82) is 0 Å². The third-order valence-electron chi connectivity index (χ3n) is 5.57. The van der Waals surface area contributed by atoms with Gasteiger partial charge in [0.1, 0.15) is 5.75 Å². The molecule has 4 rings (SSSR count). The first-order valence-electron chi connectivity index (χ1n) is 11.0. The highest BCUT2D eigenvalue weighted by molar-refractivity contribution is 5.79. The Morgan fingerprint density at radius 2 is 1.79 bits per heavy atom. The lowest BCUT2D eigenvalue weighted by molar-refractivity contribution is 0.223. The van der Waals surface area contributed by atoms with Crippen molar-refractivity contribution in [2.24, 2.45) is 0 Å². The molecule has 0 atom stereocenters. The van der Waals surface area contributed by atoms with Crippen molar-refractivity contribution in [2.75, 3.05) is 7.11 Å². The highest BCUT2D eigenvalue weighted by atomic mass is 16.5. The van der Waals surface area contributed by atoms with Crippen LogP contribution in [-0.2, 0) is 25.2 Å². The van der Waals surface area contributed by atoms with Crippen LogP contribution in [0.2, 0.25) is 0 Å². The molecule has 8 heteroatoms. The lowest BCUT2D eigenvalue weighted by Gasteiger charge is -2.25. The van der Waals surface area contributed by atoms with E-state index in [2.05, 4.69) is 52.2 Å². The number of aryl methyl sites for hydroxylation is 1. The topological polar surface area (TPSA) is 88.9 Å².